The number of aryl methyl sites for hydroxylation is 1. The first kappa shape index (κ1) is 10.4. The van der Waals surface area contributed by atoms with Crippen molar-refractivity contribution in [3.8, 4) is 0 Å². The molecule has 1 heterocycles. The lowest BCUT2D eigenvalue weighted by Crippen LogP contribution is -2.21. The molecule has 0 bridgehead atoms. The minimum atomic E-state index is 0.594. The van der Waals surface area contributed by atoms with E-state index in [4.69, 9.17) is 5.73 Å². The van der Waals surface area contributed by atoms with Gasteiger partial charge in [-0.15, -0.1) is 0 Å². The molecular weight excluding hydrogens is 186 g/mol. The average Bonchev–Trinajstić information content (AvgIpc) is 2.66. The zero-order chi connectivity index (χ0) is 10.8. The van der Waals surface area contributed by atoms with Gasteiger partial charge >= 0.3 is 0 Å². The van der Waals surface area contributed by atoms with Crippen molar-refractivity contribution in [2.75, 3.05) is 12.8 Å². The fourth-order valence-corrected chi connectivity index (χ4v) is 2.63. The maximum absolute atomic E-state index is 5.96. The number of pyridine rings is 1. The molecule has 0 aromatic carbocycles. The molecule has 0 radical (unpaired) electrons. The van der Waals surface area contributed by atoms with Gasteiger partial charge in [0, 0.05) is 17.8 Å². The summed E-state index contributed by atoms with van der Waals surface area (Å²) in [4.78, 5) is 4.19. The van der Waals surface area contributed by atoms with Gasteiger partial charge in [-0.2, -0.15) is 0 Å². The summed E-state index contributed by atoms with van der Waals surface area (Å²) < 4.78 is 0. The van der Waals surface area contributed by atoms with Crippen molar-refractivity contribution in [3.63, 3.8) is 0 Å². The predicted octanol–water partition coefficient (Wildman–Crippen LogP) is 1.83. The molecule has 15 heavy (non-hydrogen) atoms. The molecule has 1 fully saturated rings. The van der Waals surface area contributed by atoms with Crippen LogP contribution in [0.4, 0.5) is 5.82 Å². The van der Waals surface area contributed by atoms with Crippen LogP contribution in [0.1, 0.15) is 36.3 Å². The van der Waals surface area contributed by atoms with E-state index < -0.39 is 0 Å². The quantitative estimate of drug-likeness (QED) is 0.774. The van der Waals surface area contributed by atoms with Gasteiger partial charge in [0.05, 0.1) is 0 Å². The van der Waals surface area contributed by atoms with Crippen molar-refractivity contribution >= 4 is 5.82 Å². The first-order chi connectivity index (χ1) is 7.22. The third-order valence-electron chi connectivity index (χ3n) is 3.49. The number of hydrogen-bond acceptors (Lipinski definition) is 3. The van der Waals surface area contributed by atoms with Crippen molar-refractivity contribution in [1.82, 2.24) is 10.3 Å². The number of rotatable bonds is 2. The summed E-state index contributed by atoms with van der Waals surface area (Å²) in [6.07, 6.45) is 5.45. The highest BCUT2D eigenvalue weighted by Crippen LogP contribution is 2.37. The van der Waals surface area contributed by atoms with Crippen LogP contribution in [0.3, 0.4) is 0 Å². The molecule has 1 aliphatic carbocycles. The van der Waals surface area contributed by atoms with E-state index in [1.54, 1.807) is 6.20 Å². The van der Waals surface area contributed by atoms with Crippen molar-refractivity contribution < 1.29 is 0 Å². The second kappa shape index (κ2) is 4.19. The van der Waals surface area contributed by atoms with E-state index in [0.29, 0.717) is 12.0 Å². The lowest BCUT2D eigenvalue weighted by atomic mass is 9.94. The van der Waals surface area contributed by atoms with E-state index >= 15 is 0 Å². The normalized spacial score (nSPS) is 25.7. The Morgan fingerprint density at radius 3 is 2.87 bits per heavy atom. The van der Waals surface area contributed by atoms with Crippen LogP contribution in [0.2, 0.25) is 0 Å². The van der Waals surface area contributed by atoms with Crippen LogP contribution in [0.25, 0.3) is 0 Å². The number of nitrogens with two attached hydrogens (primary N) is 1. The largest absolute Gasteiger partial charge is 0.383 e. The molecule has 0 spiro atoms. The smallest absolute Gasteiger partial charge is 0.127 e. The molecule has 1 aromatic rings. The summed E-state index contributed by atoms with van der Waals surface area (Å²) in [6.45, 7) is 2.13. The van der Waals surface area contributed by atoms with Crippen LogP contribution in [-0.2, 0) is 0 Å². The molecule has 1 aromatic heterocycles. The summed E-state index contributed by atoms with van der Waals surface area (Å²) in [7, 11) is 2.03. The Morgan fingerprint density at radius 2 is 2.27 bits per heavy atom. The maximum Gasteiger partial charge on any atom is 0.127 e. The molecule has 1 aliphatic rings. The molecule has 0 aliphatic heterocycles. The van der Waals surface area contributed by atoms with Crippen molar-refractivity contribution in [2.24, 2.45) is 0 Å². The Labute approximate surface area is 91.1 Å². The lowest BCUT2D eigenvalue weighted by molar-refractivity contribution is 0.571. The monoisotopic (exact) mass is 205 g/mol. The summed E-state index contributed by atoms with van der Waals surface area (Å²) in [5.74, 6) is 1.31. The van der Waals surface area contributed by atoms with Gasteiger partial charge in [0.2, 0.25) is 0 Å². The van der Waals surface area contributed by atoms with Crippen LogP contribution in [0.5, 0.6) is 0 Å². The first-order valence-corrected chi connectivity index (χ1v) is 5.60. The molecule has 3 nitrogen and oxygen atoms in total. The van der Waals surface area contributed by atoms with E-state index in [-0.39, 0.29) is 0 Å². The molecule has 2 atom stereocenters. The Balaban J connectivity index is 2.23. The van der Waals surface area contributed by atoms with E-state index in [2.05, 4.69) is 23.3 Å². The summed E-state index contributed by atoms with van der Waals surface area (Å²) in [6, 6.07) is 2.70. The fraction of sp³-hybridized carbons (Fsp3) is 0.583. The third-order valence-corrected chi connectivity index (χ3v) is 3.49. The molecule has 3 heteroatoms. The molecule has 2 unspecified atom stereocenters. The summed E-state index contributed by atoms with van der Waals surface area (Å²) >= 11 is 0. The highest BCUT2D eigenvalue weighted by molar-refractivity contribution is 5.46. The molecule has 1 saturated carbocycles. The fourth-order valence-electron chi connectivity index (χ4n) is 2.63. The maximum atomic E-state index is 5.96. The zero-order valence-corrected chi connectivity index (χ0v) is 9.46. The average molecular weight is 205 g/mol. The van der Waals surface area contributed by atoms with Crippen molar-refractivity contribution in [2.45, 2.75) is 38.1 Å². The molecular formula is C12H19N3. The number of aromatic nitrogens is 1. The molecule has 2 rings (SSSR count). The zero-order valence-electron chi connectivity index (χ0n) is 9.46. The Bertz CT molecular complexity index is 328. The molecule has 82 valence electrons. The van der Waals surface area contributed by atoms with Crippen LogP contribution in [-0.4, -0.2) is 18.1 Å². The summed E-state index contributed by atoms with van der Waals surface area (Å²) in [5, 5.41) is 3.34. The number of nitrogens with zero attached hydrogens (tertiary/aromatic N) is 1. The van der Waals surface area contributed by atoms with E-state index in [1.165, 1.54) is 30.4 Å². The van der Waals surface area contributed by atoms with E-state index in [1.807, 2.05) is 7.05 Å². The van der Waals surface area contributed by atoms with Gasteiger partial charge in [0.25, 0.3) is 0 Å². The molecule has 0 amide bonds. The predicted molar refractivity (Wildman–Crippen MR) is 62.8 cm³/mol. The van der Waals surface area contributed by atoms with Gasteiger partial charge in [-0.05, 0) is 50.8 Å². The second-order valence-electron chi connectivity index (χ2n) is 4.42. The highest BCUT2D eigenvalue weighted by atomic mass is 14.9. The number of anilines is 1. The van der Waals surface area contributed by atoms with Crippen molar-refractivity contribution in [1.29, 1.82) is 0 Å². The topological polar surface area (TPSA) is 50.9 Å². The Morgan fingerprint density at radius 1 is 1.47 bits per heavy atom. The molecule has 3 N–H and O–H groups in total. The van der Waals surface area contributed by atoms with Gasteiger partial charge in [-0.25, -0.2) is 4.98 Å². The lowest BCUT2D eigenvalue weighted by Gasteiger charge is -2.15. The van der Waals surface area contributed by atoms with Crippen LogP contribution >= 0.6 is 0 Å². The standard InChI is InChI=1S/C12H19N3/c1-8-5-6-15-12(13)11(8)9-3-4-10(7-9)14-2/h5-6,9-10,14H,3-4,7H2,1-2H3,(H2,13,15). The van der Waals surface area contributed by atoms with Gasteiger partial charge < -0.3 is 11.1 Å². The molecule has 0 saturated heterocycles. The minimum Gasteiger partial charge on any atom is -0.383 e. The van der Waals surface area contributed by atoms with E-state index in [0.717, 1.165) is 5.82 Å². The second-order valence-corrected chi connectivity index (χ2v) is 4.42. The number of nitrogen functional groups attached to an aromatic ring is 1. The number of hydrogen-bond donors (Lipinski definition) is 2. The van der Waals surface area contributed by atoms with Gasteiger partial charge in [0.1, 0.15) is 5.82 Å². The highest BCUT2D eigenvalue weighted by Gasteiger charge is 2.27. The van der Waals surface area contributed by atoms with Crippen molar-refractivity contribution in [3.05, 3.63) is 23.4 Å². The van der Waals surface area contributed by atoms with Gasteiger partial charge in [0.15, 0.2) is 0 Å². The SMILES string of the molecule is CNC1CCC(c2c(C)ccnc2N)C1. The van der Waals surface area contributed by atoms with Crippen LogP contribution < -0.4 is 11.1 Å². The van der Waals surface area contributed by atoms with Crippen LogP contribution in [0.15, 0.2) is 12.3 Å². The first-order valence-electron chi connectivity index (χ1n) is 5.60. The Kier molecular flexibility index (Phi) is 2.91. The number of nitrogens with one attached hydrogen (secondary N) is 1. The van der Waals surface area contributed by atoms with Gasteiger partial charge in [-0.1, -0.05) is 0 Å². The summed E-state index contributed by atoms with van der Waals surface area (Å²) in [5.41, 5.74) is 8.51. The minimum absolute atomic E-state index is 0.594. The van der Waals surface area contributed by atoms with Gasteiger partial charge in [-0.3, -0.25) is 0 Å². The van der Waals surface area contributed by atoms with Crippen LogP contribution in [0, 0.1) is 6.92 Å². The third kappa shape index (κ3) is 1.97. The van der Waals surface area contributed by atoms with E-state index in [9.17, 15) is 0 Å². The Hall–Kier alpha value is -1.09.